The first kappa shape index (κ1) is 22.0. The number of nitrogens with zero attached hydrogens (tertiary/aromatic N) is 3. The lowest BCUT2D eigenvalue weighted by molar-refractivity contribution is -0.991. The van der Waals surface area contributed by atoms with Gasteiger partial charge < -0.3 is 20.0 Å². The number of carbonyl (C=O) groups excluding carboxylic acids is 1. The average molecular weight is 474 g/mol. The maximum atomic E-state index is 13.6. The molecule has 1 aromatic carbocycles. The highest BCUT2D eigenvalue weighted by molar-refractivity contribution is 5.82. The zero-order valence-corrected chi connectivity index (χ0v) is 19.1. The molecule has 5 heterocycles. The SMILES string of the molecule is O=C(NCc1ccccn1)[C@@H]1Cc2cc([NH+]([O-])O)ccc2N2CC3CC(Cn4c3cccc4=O)[C@@H]12. The van der Waals surface area contributed by atoms with E-state index in [1.807, 2.05) is 41.0 Å². The van der Waals surface area contributed by atoms with Crippen LogP contribution in [-0.4, -0.2) is 33.3 Å². The third kappa shape index (κ3) is 3.81. The number of quaternary nitrogens is 1. The predicted octanol–water partition coefficient (Wildman–Crippen LogP) is 1.13. The van der Waals surface area contributed by atoms with Crippen LogP contribution < -0.4 is 21.0 Å². The number of carbonyl (C=O) groups is 1. The van der Waals surface area contributed by atoms with E-state index < -0.39 is 5.23 Å². The van der Waals surface area contributed by atoms with Gasteiger partial charge in [-0.15, -0.1) is 0 Å². The number of rotatable bonds is 4. The van der Waals surface area contributed by atoms with Crippen molar-refractivity contribution < 1.29 is 15.2 Å². The van der Waals surface area contributed by atoms with Crippen molar-refractivity contribution in [2.45, 2.75) is 37.9 Å². The van der Waals surface area contributed by atoms with Gasteiger partial charge in [-0.25, -0.2) is 5.21 Å². The van der Waals surface area contributed by atoms with Gasteiger partial charge in [0.25, 0.3) is 5.56 Å². The Morgan fingerprint density at radius 1 is 1.17 bits per heavy atom. The van der Waals surface area contributed by atoms with Gasteiger partial charge in [-0.05, 0) is 48.6 Å². The summed E-state index contributed by atoms with van der Waals surface area (Å²) in [6.45, 7) is 1.60. The van der Waals surface area contributed by atoms with Crippen LogP contribution in [0.15, 0.2) is 65.6 Å². The first-order valence-corrected chi connectivity index (χ1v) is 12.0. The van der Waals surface area contributed by atoms with Gasteiger partial charge in [-0.1, -0.05) is 12.1 Å². The van der Waals surface area contributed by atoms with E-state index in [1.54, 1.807) is 24.4 Å². The van der Waals surface area contributed by atoms with E-state index in [1.165, 1.54) is 0 Å². The van der Waals surface area contributed by atoms with Crippen LogP contribution >= 0.6 is 0 Å². The fourth-order valence-corrected chi connectivity index (χ4v) is 6.30. The maximum Gasteiger partial charge on any atom is 0.250 e. The molecule has 5 atom stereocenters. The summed E-state index contributed by atoms with van der Waals surface area (Å²) in [5, 5.41) is 23.3. The van der Waals surface area contributed by atoms with Gasteiger partial charge in [0.2, 0.25) is 5.91 Å². The lowest BCUT2D eigenvalue weighted by Crippen LogP contribution is -2.99. The number of piperidine rings is 1. The van der Waals surface area contributed by atoms with E-state index in [0.29, 0.717) is 26.1 Å². The number of fused-ring (bicyclic) bond motifs is 8. The molecule has 6 rings (SSSR count). The molecule has 2 bridgehead atoms. The van der Waals surface area contributed by atoms with Crippen LogP contribution in [0.1, 0.15) is 29.3 Å². The van der Waals surface area contributed by atoms with Crippen molar-refractivity contribution in [3.05, 3.63) is 93.3 Å². The first-order chi connectivity index (χ1) is 17.0. The highest BCUT2D eigenvalue weighted by Crippen LogP contribution is 2.47. The van der Waals surface area contributed by atoms with E-state index >= 15 is 0 Å². The van der Waals surface area contributed by atoms with Crippen LogP contribution in [0.25, 0.3) is 0 Å². The molecule has 3 N–H and O–H groups in total. The molecule has 3 aliphatic rings. The van der Waals surface area contributed by atoms with Crippen molar-refractivity contribution in [3.63, 3.8) is 0 Å². The molecule has 1 fully saturated rings. The summed E-state index contributed by atoms with van der Waals surface area (Å²) < 4.78 is 1.88. The summed E-state index contributed by atoms with van der Waals surface area (Å²) in [7, 11) is 0. The van der Waals surface area contributed by atoms with Crippen molar-refractivity contribution in [3.8, 4) is 0 Å². The molecule has 0 aliphatic carbocycles. The Kier molecular flexibility index (Phi) is 5.40. The zero-order chi connectivity index (χ0) is 24.1. The van der Waals surface area contributed by atoms with Gasteiger partial charge in [-0.3, -0.25) is 14.6 Å². The average Bonchev–Trinajstić information content (AvgIpc) is 2.87. The zero-order valence-electron chi connectivity index (χ0n) is 19.1. The molecule has 1 amide bonds. The minimum Gasteiger partial charge on any atom is -0.595 e. The predicted molar refractivity (Wildman–Crippen MR) is 128 cm³/mol. The Morgan fingerprint density at radius 2 is 2.06 bits per heavy atom. The molecular formula is C26H27N5O4. The second-order valence-corrected chi connectivity index (χ2v) is 9.73. The number of hydrogen-bond acceptors (Lipinski definition) is 6. The van der Waals surface area contributed by atoms with E-state index in [2.05, 4.69) is 15.2 Å². The van der Waals surface area contributed by atoms with Crippen molar-refractivity contribution in [2.24, 2.45) is 11.8 Å². The molecule has 180 valence electrons. The molecule has 3 unspecified atom stereocenters. The Hall–Kier alpha value is -3.53. The summed E-state index contributed by atoms with van der Waals surface area (Å²) in [4.78, 5) is 32.8. The lowest BCUT2D eigenvalue weighted by atomic mass is 9.70. The second kappa shape index (κ2) is 8.60. The van der Waals surface area contributed by atoms with E-state index in [0.717, 1.165) is 29.1 Å². The summed E-state index contributed by atoms with van der Waals surface area (Å²) in [5.74, 6) is -0.107. The van der Waals surface area contributed by atoms with Crippen LogP contribution in [-0.2, 0) is 24.3 Å². The fourth-order valence-electron chi connectivity index (χ4n) is 6.30. The molecule has 35 heavy (non-hydrogen) atoms. The van der Waals surface area contributed by atoms with Crippen LogP contribution in [0.3, 0.4) is 0 Å². The minimum atomic E-state index is -0.977. The smallest absolute Gasteiger partial charge is 0.250 e. The number of aromatic nitrogens is 2. The molecule has 3 aliphatic heterocycles. The van der Waals surface area contributed by atoms with Crippen molar-refractivity contribution >= 4 is 17.3 Å². The van der Waals surface area contributed by atoms with E-state index in [9.17, 15) is 20.0 Å². The molecular weight excluding hydrogens is 446 g/mol. The summed E-state index contributed by atoms with van der Waals surface area (Å²) >= 11 is 0. The summed E-state index contributed by atoms with van der Waals surface area (Å²) in [5.41, 5.74) is 3.93. The second-order valence-electron chi connectivity index (χ2n) is 9.73. The van der Waals surface area contributed by atoms with Crippen LogP contribution in [0.5, 0.6) is 0 Å². The molecule has 0 saturated carbocycles. The Morgan fingerprint density at radius 3 is 2.86 bits per heavy atom. The number of anilines is 1. The fraction of sp³-hybridized carbons (Fsp3) is 0.346. The first-order valence-electron chi connectivity index (χ1n) is 12.0. The van der Waals surface area contributed by atoms with Gasteiger partial charge in [0, 0.05) is 60.8 Å². The Labute approximate surface area is 202 Å². The maximum absolute atomic E-state index is 13.6. The Bertz CT molecular complexity index is 1320. The monoisotopic (exact) mass is 473 g/mol. The number of pyridine rings is 2. The molecule has 0 spiro atoms. The highest BCUT2D eigenvalue weighted by Gasteiger charge is 2.49. The van der Waals surface area contributed by atoms with E-state index in [4.69, 9.17) is 0 Å². The van der Waals surface area contributed by atoms with Gasteiger partial charge in [0.15, 0.2) is 5.69 Å². The molecule has 3 aromatic rings. The lowest BCUT2D eigenvalue weighted by Gasteiger charge is -2.54. The van der Waals surface area contributed by atoms with Crippen molar-refractivity contribution in [1.29, 1.82) is 0 Å². The Balaban J connectivity index is 1.38. The van der Waals surface area contributed by atoms with Gasteiger partial charge in [0.05, 0.1) is 18.2 Å². The molecule has 0 radical (unpaired) electrons. The molecule has 1 saturated heterocycles. The number of hydrogen-bond donors (Lipinski definition) is 3. The number of amides is 1. The van der Waals surface area contributed by atoms with Crippen LogP contribution in [0.4, 0.5) is 11.4 Å². The molecule has 9 nitrogen and oxygen atoms in total. The molecule has 2 aromatic heterocycles. The van der Waals surface area contributed by atoms with Gasteiger partial charge in [-0.2, -0.15) is 5.23 Å². The number of nitrogens with one attached hydrogen (secondary N) is 2. The van der Waals surface area contributed by atoms with Crippen LogP contribution in [0, 0.1) is 17.0 Å². The largest absolute Gasteiger partial charge is 0.595 e. The van der Waals surface area contributed by atoms with Crippen molar-refractivity contribution in [1.82, 2.24) is 14.9 Å². The summed E-state index contributed by atoms with van der Waals surface area (Å²) in [6.07, 6.45) is 3.09. The third-order valence-corrected chi connectivity index (χ3v) is 7.76. The van der Waals surface area contributed by atoms with Crippen LogP contribution in [0.2, 0.25) is 0 Å². The summed E-state index contributed by atoms with van der Waals surface area (Å²) in [6, 6.07) is 16.2. The van der Waals surface area contributed by atoms with Gasteiger partial charge >= 0.3 is 0 Å². The highest BCUT2D eigenvalue weighted by atomic mass is 16.8. The standard InChI is InChI=1S/C26H27N5O4/c32-24-6-3-5-22-17-10-18(15-29(22)24)25-21(26(33)28-13-19-4-1-2-9-27-19)12-16-11-20(31(34)35)7-8-23(16)30(25)14-17/h1-9,11,17-18,21,25,31,34H,10,12-15H2,(H,28,33)/t17?,18?,21-,25+/m1/s1. The number of benzene rings is 1. The quantitative estimate of drug-likeness (QED) is 0.490. The van der Waals surface area contributed by atoms with E-state index in [-0.39, 0.29) is 40.9 Å². The van der Waals surface area contributed by atoms with Crippen molar-refractivity contribution in [2.75, 3.05) is 11.4 Å². The minimum absolute atomic E-state index is 0.00381. The normalized spacial score (nSPS) is 25.1. The third-order valence-electron chi connectivity index (χ3n) is 7.76. The molecule has 9 heteroatoms. The van der Waals surface area contributed by atoms with Gasteiger partial charge in [0.1, 0.15) is 0 Å². The topological polar surface area (TPSA) is 115 Å².